The summed E-state index contributed by atoms with van der Waals surface area (Å²) in [5.74, 6) is 0.123. The molecular formula is C14H17NO3. The summed E-state index contributed by atoms with van der Waals surface area (Å²) in [7, 11) is 1.60. The molecule has 0 saturated carbocycles. The van der Waals surface area contributed by atoms with Gasteiger partial charge in [0.1, 0.15) is 5.58 Å². The number of amides is 1. The molecule has 1 aromatic heterocycles. The maximum Gasteiger partial charge on any atom is 0.287 e. The molecule has 2 rings (SSSR count). The van der Waals surface area contributed by atoms with Gasteiger partial charge in [0.25, 0.3) is 5.91 Å². The molecule has 0 unspecified atom stereocenters. The fourth-order valence-electron chi connectivity index (χ4n) is 1.91. The van der Waals surface area contributed by atoms with Crippen molar-refractivity contribution < 1.29 is 13.9 Å². The van der Waals surface area contributed by atoms with Crippen LogP contribution in [0.1, 0.15) is 23.0 Å². The van der Waals surface area contributed by atoms with E-state index < -0.39 is 0 Å². The number of ether oxygens (including phenoxy) is 1. The van der Waals surface area contributed by atoms with E-state index in [1.165, 1.54) is 0 Å². The monoisotopic (exact) mass is 247 g/mol. The SMILES string of the molecule is COC[C@@H](C)NC(=O)c1cc2cccc(C)c2o1. The summed E-state index contributed by atoms with van der Waals surface area (Å²) in [4.78, 5) is 12.0. The van der Waals surface area contributed by atoms with Crippen LogP contribution in [-0.2, 0) is 4.74 Å². The van der Waals surface area contributed by atoms with Crippen molar-refractivity contribution in [3.63, 3.8) is 0 Å². The Kier molecular flexibility index (Phi) is 3.67. The number of hydrogen-bond donors (Lipinski definition) is 1. The van der Waals surface area contributed by atoms with Crippen molar-refractivity contribution in [1.29, 1.82) is 0 Å². The van der Waals surface area contributed by atoms with Crippen LogP contribution in [0, 0.1) is 6.92 Å². The fraction of sp³-hybridized carbons (Fsp3) is 0.357. The molecule has 1 atom stereocenters. The summed E-state index contributed by atoms with van der Waals surface area (Å²) in [6, 6.07) is 7.55. The Labute approximate surface area is 106 Å². The third kappa shape index (κ3) is 2.54. The van der Waals surface area contributed by atoms with Crippen molar-refractivity contribution in [2.75, 3.05) is 13.7 Å². The van der Waals surface area contributed by atoms with Gasteiger partial charge < -0.3 is 14.5 Å². The van der Waals surface area contributed by atoms with E-state index in [1.54, 1.807) is 13.2 Å². The molecule has 0 spiro atoms. The van der Waals surface area contributed by atoms with Gasteiger partial charge in [-0.15, -0.1) is 0 Å². The zero-order valence-electron chi connectivity index (χ0n) is 10.8. The highest BCUT2D eigenvalue weighted by Gasteiger charge is 2.15. The first-order valence-electron chi connectivity index (χ1n) is 5.90. The van der Waals surface area contributed by atoms with Crippen LogP contribution >= 0.6 is 0 Å². The van der Waals surface area contributed by atoms with Gasteiger partial charge in [-0.2, -0.15) is 0 Å². The second-order valence-corrected chi connectivity index (χ2v) is 4.43. The molecule has 2 aromatic rings. The van der Waals surface area contributed by atoms with Crippen LogP contribution in [0.2, 0.25) is 0 Å². The molecule has 18 heavy (non-hydrogen) atoms. The van der Waals surface area contributed by atoms with Gasteiger partial charge >= 0.3 is 0 Å². The molecule has 1 N–H and O–H groups in total. The first-order chi connectivity index (χ1) is 8.61. The van der Waals surface area contributed by atoms with E-state index in [4.69, 9.17) is 9.15 Å². The van der Waals surface area contributed by atoms with Crippen molar-refractivity contribution in [3.8, 4) is 0 Å². The normalized spacial score (nSPS) is 12.6. The van der Waals surface area contributed by atoms with Crippen LogP contribution in [0.5, 0.6) is 0 Å². The van der Waals surface area contributed by atoms with Gasteiger partial charge in [0, 0.05) is 18.5 Å². The first-order valence-corrected chi connectivity index (χ1v) is 5.90. The number of nitrogens with one attached hydrogen (secondary N) is 1. The Hall–Kier alpha value is -1.81. The number of carbonyl (C=O) groups excluding carboxylic acids is 1. The van der Waals surface area contributed by atoms with Crippen molar-refractivity contribution in [1.82, 2.24) is 5.32 Å². The average Bonchev–Trinajstić information content (AvgIpc) is 2.74. The third-order valence-electron chi connectivity index (χ3n) is 2.76. The second-order valence-electron chi connectivity index (χ2n) is 4.43. The molecule has 0 aliphatic heterocycles. The predicted octanol–water partition coefficient (Wildman–Crippen LogP) is 2.51. The van der Waals surface area contributed by atoms with E-state index in [2.05, 4.69) is 5.32 Å². The van der Waals surface area contributed by atoms with Gasteiger partial charge in [0.05, 0.1) is 6.61 Å². The zero-order valence-corrected chi connectivity index (χ0v) is 10.8. The quantitative estimate of drug-likeness (QED) is 0.903. The summed E-state index contributed by atoms with van der Waals surface area (Å²) in [6.07, 6.45) is 0. The van der Waals surface area contributed by atoms with E-state index in [-0.39, 0.29) is 11.9 Å². The van der Waals surface area contributed by atoms with Crippen LogP contribution < -0.4 is 5.32 Å². The number of fused-ring (bicyclic) bond motifs is 1. The van der Waals surface area contributed by atoms with Crippen molar-refractivity contribution >= 4 is 16.9 Å². The van der Waals surface area contributed by atoms with Gasteiger partial charge in [-0.1, -0.05) is 18.2 Å². The predicted molar refractivity (Wildman–Crippen MR) is 69.8 cm³/mol. The van der Waals surface area contributed by atoms with Gasteiger partial charge in [-0.25, -0.2) is 0 Å². The molecule has 1 heterocycles. The van der Waals surface area contributed by atoms with E-state index in [0.29, 0.717) is 12.4 Å². The van der Waals surface area contributed by atoms with Gasteiger partial charge in [-0.3, -0.25) is 4.79 Å². The molecule has 0 saturated heterocycles. The number of benzene rings is 1. The smallest absolute Gasteiger partial charge is 0.287 e. The molecule has 0 radical (unpaired) electrons. The minimum absolute atomic E-state index is 0.0446. The standard InChI is InChI=1S/C14H17NO3/c1-9-5-4-6-11-7-12(18-13(9)11)14(16)15-10(2)8-17-3/h4-7,10H,8H2,1-3H3,(H,15,16)/t10-/m1/s1. The summed E-state index contributed by atoms with van der Waals surface area (Å²) >= 11 is 0. The molecule has 0 aliphatic carbocycles. The van der Waals surface area contributed by atoms with Crippen LogP contribution in [0.3, 0.4) is 0 Å². The summed E-state index contributed by atoms with van der Waals surface area (Å²) in [6.45, 7) is 4.32. The van der Waals surface area contributed by atoms with Crippen LogP contribution in [0.15, 0.2) is 28.7 Å². The maximum atomic E-state index is 12.0. The Morgan fingerprint density at radius 1 is 1.50 bits per heavy atom. The number of furan rings is 1. The van der Waals surface area contributed by atoms with Crippen LogP contribution in [-0.4, -0.2) is 25.7 Å². The minimum atomic E-state index is -0.213. The molecule has 0 bridgehead atoms. The summed E-state index contributed by atoms with van der Waals surface area (Å²) in [5.41, 5.74) is 1.79. The van der Waals surface area contributed by atoms with Gasteiger partial charge in [0.15, 0.2) is 5.76 Å². The lowest BCUT2D eigenvalue weighted by Gasteiger charge is -2.10. The Morgan fingerprint density at radius 3 is 2.94 bits per heavy atom. The van der Waals surface area contributed by atoms with Crippen LogP contribution in [0.25, 0.3) is 11.0 Å². The topological polar surface area (TPSA) is 51.5 Å². The molecular weight excluding hydrogens is 230 g/mol. The number of hydrogen-bond acceptors (Lipinski definition) is 3. The lowest BCUT2D eigenvalue weighted by molar-refractivity contribution is 0.0880. The highest BCUT2D eigenvalue weighted by molar-refractivity contribution is 5.96. The van der Waals surface area contributed by atoms with Crippen molar-refractivity contribution in [2.45, 2.75) is 19.9 Å². The van der Waals surface area contributed by atoms with Gasteiger partial charge in [0.2, 0.25) is 0 Å². The molecule has 96 valence electrons. The summed E-state index contributed by atoms with van der Waals surface area (Å²) in [5, 5.41) is 3.76. The van der Waals surface area contributed by atoms with E-state index in [9.17, 15) is 4.79 Å². The molecule has 1 amide bonds. The third-order valence-corrected chi connectivity index (χ3v) is 2.76. The number of para-hydroxylation sites is 1. The van der Waals surface area contributed by atoms with Crippen LogP contribution in [0.4, 0.5) is 0 Å². The van der Waals surface area contributed by atoms with E-state index in [1.807, 2.05) is 32.0 Å². The fourth-order valence-corrected chi connectivity index (χ4v) is 1.91. The largest absolute Gasteiger partial charge is 0.451 e. The van der Waals surface area contributed by atoms with E-state index in [0.717, 1.165) is 16.5 Å². The highest BCUT2D eigenvalue weighted by atomic mass is 16.5. The zero-order chi connectivity index (χ0) is 13.1. The number of methoxy groups -OCH3 is 1. The van der Waals surface area contributed by atoms with Crippen molar-refractivity contribution in [2.24, 2.45) is 0 Å². The Morgan fingerprint density at radius 2 is 2.28 bits per heavy atom. The molecule has 4 heteroatoms. The lowest BCUT2D eigenvalue weighted by Crippen LogP contribution is -2.35. The van der Waals surface area contributed by atoms with E-state index >= 15 is 0 Å². The second kappa shape index (κ2) is 5.23. The average molecular weight is 247 g/mol. The Balaban J connectivity index is 2.21. The first kappa shape index (κ1) is 12.6. The molecule has 4 nitrogen and oxygen atoms in total. The maximum absolute atomic E-state index is 12.0. The van der Waals surface area contributed by atoms with Crippen molar-refractivity contribution in [3.05, 3.63) is 35.6 Å². The highest BCUT2D eigenvalue weighted by Crippen LogP contribution is 2.22. The molecule has 0 fully saturated rings. The Bertz CT molecular complexity index is 559. The lowest BCUT2D eigenvalue weighted by atomic mass is 10.2. The number of rotatable bonds is 4. The number of carbonyl (C=O) groups is 1. The summed E-state index contributed by atoms with van der Waals surface area (Å²) < 4.78 is 10.6. The number of aryl methyl sites for hydroxylation is 1. The minimum Gasteiger partial charge on any atom is -0.451 e. The van der Waals surface area contributed by atoms with Gasteiger partial charge in [-0.05, 0) is 25.5 Å². The molecule has 1 aromatic carbocycles. The molecule has 0 aliphatic rings.